The van der Waals surface area contributed by atoms with Gasteiger partial charge in [-0.05, 0) is 30.7 Å². The number of ketones is 1. The van der Waals surface area contributed by atoms with E-state index in [0.717, 1.165) is 30.8 Å². The summed E-state index contributed by atoms with van der Waals surface area (Å²) in [6, 6.07) is 3.68. The van der Waals surface area contributed by atoms with E-state index in [1.165, 1.54) is 19.8 Å². The second kappa shape index (κ2) is 4.94. The second-order valence-corrected chi connectivity index (χ2v) is 5.26. The van der Waals surface area contributed by atoms with Gasteiger partial charge >= 0.3 is 0 Å². The lowest BCUT2D eigenvalue weighted by Crippen LogP contribution is -2.34. The minimum atomic E-state index is -0.00619. The number of hydrogen-bond donors (Lipinski definition) is 0. The summed E-state index contributed by atoms with van der Waals surface area (Å²) in [5, 5.41) is 0. The number of carbonyl (C=O) groups is 1. The topological polar surface area (TPSA) is 33.5 Å². The molecule has 3 nitrogen and oxygen atoms in total. The molecule has 0 atom stereocenters. The van der Waals surface area contributed by atoms with Gasteiger partial charge in [-0.3, -0.25) is 4.79 Å². The van der Waals surface area contributed by atoms with Crippen LogP contribution in [-0.2, 0) is 0 Å². The molecule has 1 fully saturated rings. The Morgan fingerprint density at radius 1 is 1.35 bits per heavy atom. The molecule has 0 bridgehead atoms. The maximum atomic E-state index is 11.2. The molecule has 2 heterocycles. The van der Waals surface area contributed by atoms with Gasteiger partial charge in [-0.2, -0.15) is 0 Å². The Balaban J connectivity index is 1.98. The first-order chi connectivity index (χ1) is 8.08. The van der Waals surface area contributed by atoms with E-state index in [9.17, 15) is 4.79 Å². The number of rotatable bonds is 3. The smallest absolute Gasteiger partial charge is 0.196 e. The van der Waals surface area contributed by atoms with Crippen LogP contribution >= 0.6 is 0 Å². The average molecular weight is 235 g/mol. The van der Waals surface area contributed by atoms with E-state index in [2.05, 4.69) is 18.7 Å². The molecule has 1 aromatic rings. The zero-order valence-electron chi connectivity index (χ0n) is 10.9. The predicted molar refractivity (Wildman–Crippen MR) is 68.5 cm³/mol. The lowest BCUT2D eigenvalue weighted by Gasteiger charge is -2.33. The van der Waals surface area contributed by atoms with Crippen molar-refractivity contribution in [3.63, 3.8) is 0 Å². The SMILES string of the molecule is CC(=O)c1ccc(N2CCC(C(C)C)CC2)o1. The summed E-state index contributed by atoms with van der Waals surface area (Å²) < 4.78 is 5.56. The number of carbonyl (C=O) groups excluding carboxylic acids is 1. The molecule has 1 aliphatic heterocycles. The highest BCUT2D eigenvalue weighted by atomic mass is 16.4. The van der Waals surface area contributed by atoms with Crippen LogP contribution in [0.5, 0.6) is 0 Å². The van der Waals surface area contributed by atoms with E-state index in [1.807, 2.05) is 6.07 Å². The molecule has 0 radical (unpaired) electrons. The van der Waals surface area contributed by atoms with Crippen LogP contribution in [0.15, 0.2) is 16.5 Å². The Morgan fingerprint density at radius 2 is 2.00 bits per heavy atom. The van der Waals surface area contributed by atoms with Crippen LogP contribution < -0.4 is 4.90 Å². The van der Waals surface area contributed by atoms with E-state index in [4.69, 9.17) is 4.42 Å². The molecule has 0 spiro atoms. The summed E-state index contributed by atoms with van der Waals surface area (Å²) >= 11 is 0. The highest BCUT2D eigenvalue weighted by molar-refractivity contribution is 5.91. The lowest BCUT2D eigenvalue weighted by molar-refractivity contribution is 0.0987. The van der Waals surface area contributed by atoms with Crippen molar-refractivity contribution in [3.8, 4) is 0 Å². The minimum absolute atomic E-state index is 0.00619. The molecule has 1 aliphatic rings. The first-order valence-electron chi connectivity index (χ1n) is 6.43. The molecule has 1 saturated heterocycles. The van der Waals surface area contributed by atoms with Gasteiger partial charge in [0, 0.05) is 26.1 Å². The maximum absolute atomic E-state index is 11.2. The maximum Gasteiger partial charge on any atom is 0.196 e. The normalized spacial score (nSPS) is 17.8. The van der Waals surface area contributed by atoms with Crippen LogP contribution in [0, 0.1) is 11.8 Å². The first-order valence-corrected chi connectivity index (χ1v) is 6.43. The number of Topliss-reactive ketones (excluding diaryl/α,β-unsaturated/α-hetero) is 1. The van der Waals surface area contributed by atoms with E-state index < -0.39 is 0 Å². The van der Waals surface area contributed by atoms with E-state index in [1.54, 1.807) is 6.07 Å². The van der Waals surface area contributed by atoms with Crippen LogP contribution in [0.3, 0.4) is 0 Å². The van der Waals surface area contributed by atoms with Gasteiger partial charge in [-0.1, -0.05) is 13.8 Å². The van der Waals surface area contributed by atoms with Crippen molar-refractivity contribution in [1.29, 1.82) is 0 Å². The van der Waals surface area contributed by atoms with Crippen molar-refractivity contribution < 1.29 is 9.21 Å². The van der Waals surface area contributed by atoms with Crippen LogP contribution in [0.2, 0.25) is 0 Å². The third-order valence-electron chi connectivity index (χ3n) is 3.73. The first kappa shape index (κ1) is 12.2. The zero-order valence-corrected chi connectivity index (χ0v) is 10.9. The predicted octanol–water partition coefficient (Wildman–Crippen LogP) is 3.35. The largest absolute Gasteiger partial charge is 0.437 e. The molecule has 0 aliphatic carbocycles. The van der Waals surface area contributed by atoms with E-state index >= 15 is 0 Å². The molecule has 2 rings (SSSR count). The molecule has 0 amide bonds. The minimum Gasteiger partial charge on any atom is -0.437 e. The van der Waals surface area contributed by atoms with Crippen LogP contribution in [0.1, 0.15) is 44.2 Å². The molecule has 0 aromatic carbocycles. The van der Waals surface area contributed by atoms with E-state index in [0.29, 0.717) is 5.76 Å². The molecule has 17 heavy (non-hydrogen) atoms. The van der Waals surface area contributed by atoms with Gasteiger partial charge in [-0.25, -0.2) is 0 Å². The summed E-state index contributed by atoms with van der Waals surface area (Å²) in [6.07, 6.45) is 2.43. The molecule has 1 aromatic heterocycles. The molecular weight excluding hydrogens is 214 g/mol. The van der Waals surface area contributed by atoms with Crippen LogP contribution in [-0.4, -0.2) is 18.9 Å². The molecule has 94 valence electrons. The molecule has 0 saturated carbocycles. The number of nitrogens with zero attached hydrogens (tertiary/aromatic N) is 1. The summed E-state index contributed by atoms with van der Waals surface area (Å²) in [5.41, 5.74) is 0. The third-order valence-corrected chi connectivity index (χ3v) is 3.73. The third kappa shape index (κ3) is 2.71. The monoisotopic (exact) mass is 235 g/mol. The fraction of sp³-hybridized carbons (Fsp3) is 0.643. The van der Waals surface area contributed by atoms with Gasteiger partial charge in [0.2, 0.25) is 0 Å². The lowest BCUT2D eigenvalue weighted by atomic mass is 9.87. The zero-order chi connectivity index (χ0) is 12.4. The Morgan fingerprint density at radius 3 is 2.47 bits per heavy atom. The number of hydrogen-bond acceptors (Lipinski definition) is 3. The van der Waals surface area contributed by atoms with Crippen molar-refractivity contribution in [2.75, 3.05) is 18.0 Å². The van der Waals surface area contributed by atoms with Gasteiger partial charge in [0.25, 0.3) is 0 Å². The summed E-state index contributed by atoms with van der Waals surface area (Å²) in [5.74, 6) is 2.90. The number of piperidine rings is 1. The second-order valence-electron chi connectivity index (χ2n) is 5.26. The Labute approximate surface area is 103 Å². The van der Waals surface area contributed by atoms with Gasteiger partial charge in [0.1, 0.15) is 0 Å². The average Bonchev–Trinajstić information content (AvgIpc) is 2.78. The van der Waals surface area contributed by atoms with Gasteiger partial charge < -0.3 is 9.32 Å². The molecule has 0 unspecified atom stereocenters. The number of anilines is 1. The standard InChI is InChI=1S/C14H21NO2/c1-10(2)12-6-8-15(9-7-12)14-5-4-13(17-14)11(3)16/h4-5,10,12H,6-9H2,1-3H3. The van der Waals surface area contributed by atoms with Crippen LogP contribution in [0.25, 0.3) is 0 Å². The molecular formula is C14H21NO2. The van der Waals surface area contributed by atoms with Gasteiger partial charge in [0.05, 0.1) is 0 Å². The highest BCUT2D eigenvalue weighted by Gasteiger charge is 2.23. The fourth-order valence-corrected chi connectivity index (χ4v) is 2.47. The summed E-state index contributed by atoms with van der Waals surface area (Å²) in [4.78, 5) is 13.4. The quantitative estimate of drug-likeness (QED) is 0.753. The van der Waals surface area contributed by atoms with Crippen molar-refractivity contribution in [2.24, 2.45) is 11.8 Å². The van der Waals surface area contributed by atoms with E-state index in [-0.39, 0.29) is 5.78 Å². The molecule has 0 N–H and O–H groups in total. The van der Waals surface area contributed by atoms with Crippen molar-refractivity contribution >= 4 is 11.7 Å². The molecule has 3 heteroatoms. The van der Waals surface area contributed by atoms with Gasteiger partial charge in [-0.15, -0.1) is 0 Å². The van der Waals surface area contributed by atoms with Crippen LogP contribution in [0.4, 0.5) is 5.88 Å². The Bertz CT molecular complexity index is 387. The van der Waals surface area contributed by atoms with Crippen molar-refractivity contribution in [2.45, 2.75) is 33.6 Å². The highest BCUT2D eigenvalue weighted by Crippen LogP contribution is 2.28. The van der Waals surface area contributed by atoms with Crippen molar-refractivity contribution in [3.05, 3.63) is 17.9 Å². The summed E-state index contributed by atoms with van der Waals surface area (Å²) in [6.45, 7) is 8.19. The summed E-state index contributed by atoms with van der Waals surface area (Å²) in [7, 11) is 0. The number of furan rings is 1. The fourth-order valence-electron chi connectivity index (χ4n) is 2.47. The van der Waals surface area contributed by atoms with Gasteiger partial charge in [0.15, 0.2) is 17.4 Å². The Hall–Kier alpha value is -1.25. The Kier molecular flexibility index (Phi) is 3.55. The van der Waals surface area contributed by atoms with Crippen molar-refractivity contribution in [1.82, 2.24) is 0 Å².